The van der Waals surface area contributed by atoms with E-state index in [1.807, 2.05) is 35.2 Å². The van der Waals surface area contributed by atoms with Crippen LogP contribution >= 0.6 is 0 Å². The van der Waals surface area contributed by atoms with E-state index in [0.717, 1.165) is 18.4 Å². The first kappa shape index (κ1) is 17.2. The number of carbonyl (C=O) groups excluding carboxylic acids is 2. The van der Waals surface area contributed by atoms with Gasteiger partial charge in [0.2, 0.25) is 11.8 Å². The summed E-state index contributed by atoms with van der Waals surface area (Å²) in [5, 5.41) is 0. The predicted molar refractivity (Wildman–Crippen MR) is 83.5 cm³/mol. The molecule has 21 heavy (non-hydrogen) atoms. The van der Waals surface area contributed by atoms with Crippen LogP contribution in [0.5, 0.6) is 0 Å². The van der Waals surface area contributed by atoms with Gasteiger partial charge in [-0.2, -0.15) is 0 Å². The van der Waals surface area contributed by atoms with E-state index in [-0.39, 0.29) is 19.0 Å². The van der Waals surface area contributed by atoms with Crippen molar-refractivity contribution in [2.24, 2.45) is 5.73 Å². The van der Waals surface area contributed by atoms with Gasteiger partial charge in [0.25, 0.3) is 0 Å². The van der Waals surface area contributed by atoms with E-state index in [9.17, 15) is 9.59 Å². The minimum Gasteiger partial charge on any atom is -0.369 e. The zero-order chi connectivity index (χ0) is 15.7. The molecule has 1 aromatic rings. The summed E-state index contributed by atoms with van der Waals surface area (Å²) in [4.78, 5) is 26.8. The molecule has 0 unspecified atom stereocenters. The van der Waals surface area contributed by atoms with Gasteiger partial charge in [-0.1, -0.05) is 43.7 Å². The van der Waals surface area contributed by atoms with Crippen molar-refractivity contribution in [3.05, 3.63) is 35.9 Å². The van der Waals surface area contributed by atoms with Crippen LogP contribution in [0.2, 0.25) is 0 Å². The molecule has 0 aliphatic heterocycles. The lowest BCUT2D eigenvalue weighted by atomic mass is 10.2. The van der Waals surface area contributed by atoms with Crippen LogP contribution in [0.4, 0.5) is 0 Å². The first-order chi connectivity index (χ1) is 10.0. The highest BCUT2D eigenvalue weighted by Crippen LogP contribution is 2.04. The number of hydrogen-bond acceptors (Lipinski definition) is 3. The largest absolute Gasteiger partial charge is 0.369 e. The Morgan fingerprint density at radius 3 is 2.38 bits per heavy atom. The topological polar surface area (TPSA) is 66.6 Å². The maximum absolute atomic E-state index is 12.2. The van der Waals surface area contributed by atoms with E-state index in [2.05, 4.69) is 6.92 Å². The Hall–Kier alpha value is -1.88. The highest BCUT2D eigenvalue weighted by atomic mass is 16.2. The molecule has 116 valence electrons. The van der Waals surface area contributed by atoms with Crippen molar-refractivity contribution in [1.29, 1.82) is 0 Å². The summed E-state index contributed by atoms with van der Waals surface area (Å²) in [6.07, 6.45) is 1.96. The summed E-state index contributed by atoms with van der Waals surface area (Å²) in [6, 6.07) is 9.83. The molecule has 0 saturated carbocycles. The van der Waals surface area contributed by atoms with Gasteiger partial charge < -0.3 is 10.6 Å². The van der Waals surface area contributed by atoms with Gasteiger partial charge in [-0.25, -0.2) is 0 Å². The van der Waals surface area contributed by atoms with Gasteiger partial charge in [0, 0.05) is 13.6 Å². The van der Waals surface area contributed by atoms with Crippen molar-refractivity contribution in [2.75, 3.05) is 26.7 Å². The SMILES string of the molecule is CCCCN(CC(N)=O)CC(=O)N(C)Cc1ccccc1. The molecule has 1 rings (SSSR count). The lowest BCUT2D eigenvalue weighted by Gasteiger charge is -2.24. The molecule has 2 N–H and O–H groups in total. The Morgan fingerprint density at radius 1 is 1.14 bits per heavy atom. The van der Waals surface area contributed by atoms with E-state index in [1.165, 1.54) is 0 Å². The van der Waals surface area contributed by atoms with Crippen LogP contribution in [-0.2, 0) is 16.1 Å². The average molecular weight is 291 g/mol. The molecule has 0 heterocycles. The molecule has 0 aliphatic carbocycles. The fourth-order valence-corrected chi connectivity index (χ4v) is 2.07. The lowest BCUT2D eigenvalue weighted by Crippen LogP contribution is -2.42. The normalized spacial score (nSPS) is 10.6. The van der Waals surface area contributed by atoms with Crippen LogP contribution in [-0.4, -0.2) is 48.3 Å². The molecule has 0 aromatic heterocycles. The van der Waals surface area contributed by atoms with E-state index < -0.39 is 5.91 Å². The van der Waals surface area contributed by atoms with Gasteiger partial charge in [0.1, 0.15) is 0 Å². The number of hydrogen-bond donors (Lipinski definition) is 1. The second-order valence-corrected chi connectivity index (χ2v) is 5.27. The Bertz CT molecular complexity index is 448. The quantitative estimate of drug-likeness (QED) is 0.744. The summed E-state index contributed by atoms with van der Waals surface area (Å²) in [6.45, 7) is 3.71. The monoisotopic (exact) mass is 291 g/mol. The van der Waals surface area contributed by atoms with E-state index in [1.54, 1.807) is 11.9 Å². The molecule has 0 aliphatic rings. The average Bonchev–Trinajstić information content (AvgIpc) is 2.45. The van der Waals surface area contributed by atoms with Gasteiger partial charge in [-0.15, -0.1) is 0 Å². The van der Waals surface area contributed by atoms with Crippen LogP contribution in [0, 0.1) is 0 Å². The second-order valence-electron chi connectivity index (χ2n) is 5.27. The van der Waals surface area contributed by atoms with Crippen molar-refractivity contribution in [1.82, 2.24) is 9.80 Å². The number of unbranched alkanes of at least 4 members (excludes halogenated alkanes) is 1. The Morgan fingerprint density at radius 2 is 1.81 bits per heavy atom. The number of primary amides is 1. The van der Waals surface area contributed by atoms with Crippen molar-refractivity contribution in [3.63, 3.8) is 0 Å². The van der Waals surface area contributed by atoms with Crippen molar-refractivity contribution >= 4 is 11.8 Å². The minimum absolute atomic E-state index is 0.00351. The lowest BCUT2D eigenvalue weighted by molar-refractivity contribution is -0.132. The van der Waals surface area contributed by atoms with Crippen LogP contribution in [0.15, 0.2) is 30.3 Å². The van der Waals surface area contributed by atoms with E-state index >= 15 is 0 Å². The van der Waals surface area contributed by atoms with Gasteiger partial charge >= 0.3 is 0 Å². The maximum atomic E-state index is 12.2. The first-order valence-electron chi connectivity index (χ1n) is 7.31. The van der Waals surface area contributed by atoms with E-state index in [4.69, 9.17) is 5.73 Å². The van der Waals surface area contributed by atoms with Crippen molar-refractivity contribution < 1.29 is 9.59 Å². The molecule has 0 atom stereocenters. The highest BCUT2D eigenvalue weighted by molar-refractivity contribution is 5.80. The summed E-state index contributed by atoms with van der Waals surface area (Å²) in [5.74, 6) is -0.402. The third kappa shape index (κ3) is 6.90. The third-order valence-electron chi connectivity index (χ3n) is 3.25. The smallest absolute Gasteiger partial charge is 0.236 e. The first-order valence-corrected chi connectivity index (χ1v) is 7.31. The molecule has 0 bridgehead atoms. The molecule has 5 nitrogen and oxygen atoms in total. The maximum Gasteiger partial charge on any atom is 0.236 e. The molecule has 0 radical (unpaired) electrons. The predicted octanol–water partition coefficient (Wildman–Crippen LogP) is 1.23. The zero-order valence-electron chi connectivity index (χ0n) is 12.9. The number of benzene rings is 1. The molecular weight excluding hydrogens is 266 g/mol. The summed E-state index contributed by atoms with van der Waals surface area (Å²) < 4.78 is 0. The number of rotatable bonds is 9. The fraction of sp³-hybridized carbons (Fsp3) is 0.500. The summed E-state index contributed by atoms with van der Waals surface area (Å²) in [5.41, 5.74) is 6.32. The van der Waals surface area contributed by atoms with Crippen molar-refractivity contribution in [3.8, 4) is 0 Å². The Kier molecular flexibility index (Phi) is 7.46. The zero-order valence-corrected chi connectivity index (χ0v) is 12.9. The molecule has 0 spiro atoms. The standard InChI is InChI=1S/C16H25N3O2/c1-3-4-10-19(12-15(17)20)13-16(21)18(2)11-14-8-6-5-7-9-14/h5-9H,3-4,10-13H2,1-2H3,(H2,17,20). The van der Waals surface area contributed by atoms with Gasteiger partial charge in [0.05, 0.1) is 13.1 Å². The van der Waals surface area contributed by atoms with Crippen LogP contribution < -0.4 is 5.73 Å². The van der Waals surface area contributed by atoms with Gasteiger partial charge in [0.15, 0.2) is 0 Å². The summed E-state index contributed by atoms with van der Waals surface area (Å²) in [7, 11) is 1.78. The number of nitrogens with two attached hydrogens (primary N) is 1. The number of likely N-dealkylation sites (N-methyl/N-ethyl adjacent to an activating group) is 1. The molecule has 0 saturated heterocycles. The Labute approximate surface area is 126 Å². The Balaban J connectivity index is 2.52. The van der Waals surface area contributed by atoms with E-state index in [0.29, 0.717) is 13.1 Å². The molecular formula is C16H25N3O2. The third-order valence-corrected chi connectivity index (χ3v) is 3.25. The molecule has 2 amide bonds. The van der Waals surface area contributed by atoms with Crippen LogP contribution in [0.25, 0.3) is 0 Å². The van der Waals surface area contributed by atoms with Gasteiger partial charge in [-0.3, -0.25) is 14.5 Å². The number of carbonyl (C=O) groups is 2. The highest BCUT2D eigenvalue weighted by Gasteiger charge is 2.16. The second kappa shape index (κ2) is 9.13. The molecule has 1 aromatic carbocycles. The van der Waals surface area contributed by atoms with Crippen molar-refractivity contribution in [2.45, 2.75) is 26.3 Å². The minimum atomic E-state index is -0.399. The van der Waals surface area contributed by atoms with Crippen LogP contribution in [0.3, 0.4) is 0 Å². The number of nitrogens with zero attached hydrogens (tertiary/aromatic N) is 2. The summed E-state index contributed by atoms with van der Waals surface area (Å²) >= 11 is 0. The number of amides is 2. The van der Waals surface area contributed by atoms with Gasteiger partial charge in [-0.05, 0) is 18.5 Å². The fourth-order valence-electron chi connectivity index (χ4n) is 2.07. The molecule has 5 heteroatoms. The molecule has 0 fully saturated rings. The van der Waals surface area contributed by atoms with Crippen LogP contribution in [0.1, 0.15) is 25.3 Å².